The van der Waals surface area contributed by atoms with Gasteiger partial charge in [-0.3, -0.25) is 0 Å². The second kappa shape index (κ2) is 8.54. The second-order valence-electron chi connectivity index (χ2n) is 7.25. The van der Waals surface area contributed by atoms with Gasteiger partial charge in [-0.05, 0) is 39.0 Å². The molecule has 1 N–H and O–H groups in total. The molecule has 158 valence electrons. The Morgan fingerprint density at radius 1 is 1.24 bits per heavy atom. The summed E-state index contributed by atoms with van der Waals surface area (Å²) in [6.07, 6.45) is -2.50. The van der Waals surface area contributed by atoms with Crippen molar-refractivity contribution in [3.63, 3.8) is 0 Å². The van der Waals surface area contributed by atoms with Crippen LogP contribution in [0.5, 0.6) is 0 Å². The molecule has 7 nitrogen and oxygen atoms in total. The van der Waals surface area contributed by atoms with Crippen LogP contribution in [0.15, 0.2) is 36.8 Å². The van der Waals surface area contributed by atoms with E-state index < -0.39 is 35.4 Å². The van der Waals surface area contributed by atoms with Crippen molar-refractivity contribution in [2.24, 2.45) is 0 Å². The molecular formula is C19H22F3N3O4. The summed E-state index contributed by atoms with van der Waals surface area (Å²) in [4.78, 5) is 28.1. The van der Waals surface area contributed by atoms with Crippen molar-refractivity contribution in [1.82, 2.24) is 14.9 Å². The number of imidazole rings is 1. The van der Waals surface area contributed by atoms with Crippen molar-refractivity contribution in [2.45, 2.75) is 45.0 Å². The van der Waals surface area contributed by atoms with E-state index in [2.05, 4.69) is 10.3 Å². The fraction of sp³-hybridized carbons (Fsp3) is 0.421. The van der Waals surface area contributed by atoms with E-state index in [9.17, 15) is 22.8 Å². The number of halogens is 3. The Labute approximate surface area is 165 Å². The van der Waals surface area contributed by atoms with Crippen LogP contribution in [0.25, 0.3) is 5.69 Å². The average molecular weight is 413 g/mol. The number of rotatable bonds is 5. The molecule has 1 aromatic carbocycles. The average Bonchev–Trinajstić information content (AvgIpc) is 3.07. The number of hydrogen-bond acceptors (Lipinski definition) is 5. The fourth-order valence-electron chi connectivity index (χ4n) is 2.45. The molecule has 0 aliphatic heterocycles. The van der Waals surface area contributed by atoms with Gasteiger partial charge in [0.05, 0.1) is 24.7 Å². The number of methoxy groups -OCH3 is 1. The van der Waals surface area contributed by atoms with Gasteiger partial charge in [-0.25, -0.2) is 14.6 Å². The number of nitrogens with one attached hydrogen (secondary N) is 1. The summed E-state index contributed by atoms with van der Waals surface area (Å²) in [5.41, 5.74) is -0.915. The summed E-state index contributed by atoms with van der Waals surface area (Å²) < 4.78 is 49.9. The first-order valence-corrected chi connectivity index (χ1v) is 8.67. The van der Waals surface area contributed by atoms with Crippen molar-refractivity contribution in [3.05, 3.63) is 48.0 Å². The molecule has 29 heavy (non-hydrogen) atoms. The summed E-state index contributed by atoms with van der Waals surface area (Å²) in [6.45, 7) is 5.03. The number of nitrogens with zero attached hydrogens (tertiary/aromatic N) is 2. The SMILES string of the molecule is COC(=O)[C@H](Cc1cn(-c2cccc(C(F)(F)F)c2)cn1)NC(=O)OC(C)(C)C. The molecular weight excluding hydrogens is 391 g/mol. The number of carbonyl (C=O) groups is 2. The van der Waals surface area contributed by atoms with Gasteiger partial charge in [-0.2, -0.15) is 13.2 Å². The van der Waals surface area contributed by atoms with Crippen LogP contribution in [-0.2, 0) is 26.9 Å². The zero-order valence-corrected chi connectivity index (χ0v) is 16.4. The van der Waals surface area contributed by atoms with Gasteiger partial charge in [-0.1, -0.05) is 6.07 Å². The maximum atomic E-state index is 12.9. The van der Waals surface area contributed by atoms with Gasteiger partial charge in [0.2, 0.25) is 0 Å². The predicted molar refractivity (Wildman–Crippen MR) is 97.4 cm³/mol. The summed E-state index contributed by atoms with van der Waals surface area (Å²) in [5, 5.41) is 2.42. The van der Waals surface area contributed by atoms with Crippen molar-refractivity contribution in [2.75, 3.05) is 7.11 Å². The van der Waals surface area contributed by atoms with Crippen LogP contribution in [0.1, 0.15) is 32.0 Å². The minimum atomic E-state index is -4.47. The number of esters is 1. The Morgan fingerprint density at radius 3 is 2.52 bits per heavy atom. The fourth-order valence-corrected chi connectivity index (χ4v) is 2.45. The first kappa shape index (κ1) is 22.3. The quantitative estimate of drug-likeness (QED) is 0.759. The van der Waals surface area contributed by atoms with Crippen molar-refractivity contribution >= 4 is 12.1 Å². The minimum Gasteiger partial charge on any atom is -0.467 e. The standard InChI is InChI=1S/C19H22F3N3O4/c1-18(2,3)29-17(27)24-15(16(26)28-4)9-13-10-25(11-23-13)14-7-5-6-12(8-14)19(20,21)22/h5-8,10-11,15H,9H2,1-4H3,(H,24,27)/t15-/m0/s1. The van der Waals surface area contributed by atoms with Crippen LogP contribution in [0.3, 0.4) is 0 Å². The molecule has 0 unspecified atom stereocenters. The molecule has 1 heterocycles. The zero-order chi connectivity index (χ0) is 21.8. The number of ether oxygens (including phenoxy) is 2. The highest BCUT2D eigenvalue weighted by Gasteiger charge is 2.30. The van der Waals surface area contributed by atoms with E-state index in [0.29, 0.717) is 5.69 Å². The van der Waals surface area contributed by atoms with E-state index in [1.54, 1.807) is 20.8 Å². The molecule has 0 saturated carbocycles. The maximum absolute atomic E-state index is 12.9. The molecule has 0 bridgehead atoms. The van der Waals surface area contributed by atoms with Crippen molar-refractivity contribution in [3.8, 4) is 5.69 Å². The van der Waals surface area contributed by atoms with E-state index in [-0.39, 0.29) is 12.1 Å². The van der Waals surface area contributed by atoms with Gasteiger partial charge >= 0.3 is 18.2 Å². The van der Waals surface area contributed by atoms with Crippen LogP contribution in [0.4, 0.5) is 18.0 Å². The largest absolute Gasteiger partial charge is 0.467 e. The first-order valence-electron chi connectivity index (χ1n) is 8.67. The van der Waals surface area contributed by atoms with Gasteiger partial charge in [0.1, 0.15) is 11.6 Å². The number of hydrogen-bond donors (Lipinski definition) is 1. The maximum Gasteiger partial charge on any atom is 0.416 e. The molecule has 0 fully saturated rings. The molecule has 2 rings (SSSR count). The Hall–Kier alpha value is -3.04. The highest BCUT2D eigenvalue weighted by atomic mass is 19.4. The normalized spacial score (nSPS) is 12.9. The number of alkyl halides is 3. The van der Waals surface area contributed by atoms with E-state index in [4.69, 9.17) is 9.47 Å². The van der Waals surface area contributed by atoms with E-state index >= 15 is 0 Å². The number of benzene rings is 1. The summed E-state index contributed by atoms with van der Waals surface area (Å²) >= 11 is 0. The summed E-state index contributed by atoms with van der Waals surface area (Å²) in [7, 11) is 1.17. The molecule has 0 saturated heterocycles. The van der Waals surface area contributed by atoms with Gasteiger partial charge in [0.25, 0.3) is 0 Å². The highest BCUT2D eigenvalue weighted by Crippen LogP contribution is 2.30. The number of alkyl carbamates (subject to hydrolysis) is 1. The van der Waals surface area contributed by atoms with Crippen LogP contribution in [-0.4, -0.2) is 40.4 Å². The minimum absolute atomic E-state index is 0.0299. The molecule has 1 atom stereocenters. The lowest BCUT2D eigenvalue weighted by Gasteiger charge is -2.22. The third-order valence-electron chi connectivity index (χ3n) is 3.70. The topological polar surface area (TPSA) is 82.5 Å². The zero-order valence-electron chi connectivity index (χ0n) is 16.4. The number of amides is 1. The number of aromatic nitrogens is 2. The third kappa shape index (κ3) is 6.51. The van der Waals surface area contributed by atoms with E-state index in [1.165, 1.54) is 36.3 Å². The Balaban J connectivity index is 2.17. The molecule has 1 amide bonds. The number of carbonyl (C=O) groups excluding carboxylic acids is 2. The van der Waals surface area contributed by atoms with Crippen LogP contribution in [0, 0.1) is 0 Å². The Kier molecular flexibility index (Phi) is 6.55. The molecule has 2 aromatic rings. The lowest BCUT2D eigenvalue weighted by Crippen LogP contribution is -2.45. The van der Waals surface area contributed by atoms with E-state index in [1.807, 2.05) is 0 Å². The lowest BCUT2D eigenvalue weighted by molar-refractivity contribution is -0.143. The van der Waals surface area contributed by atoms with Gasteiger partial charge in [-0.15, -0.1) is 0 Å². The summed E-state index contributed by atoms with van der Waals surface area (Å²) in [5.74, 6) is -0.704. The second-order valence-corrected chi connectivity index (χ2v) is 7.25. The molecule has 0 aliphatic rings. The lowest BCUT2D eigenvalue weighted by atomic mass is 10.1. The van der Waals surface area contributed by atoms with Crippen LogP contribution in [0.2, 0.25) is 0 Å². The van der Waals surface area contributed by atoms with Gasteiger partial charge in [0, 0.05) is 18.3 Å². The molecule has 1 aromatic heterocycles. The van der Waals surface area contributed by atoms with E-state index in [0.717, 1.165) is 12.1 Å². The highest BCUT2D eigenvalue weighted by molar-refractivity contribution is 5.81. The molecule has 0 radical (unpaired) electrons. The Morgan fingerprint density at radius 2 is 1.93 bits per heavy atom. The van der Waals surface area contributed by atoms with Gasteiger partial charge in [0.15, 0.2) is 0 Å². The van der Waals surface area contributed by atoms with Gasteiger partial charge < -0.3 is 19.4 Å². The predicted octanol–water partition coefficient (Wildman–Crippen LogP) is 3.50. The molecule has 0 aliphatic carbocycles. The Bertz CT molecular complexity index is 872. The van der Waals surface area contributed by atoms with Crippen molar-refractivity contribution in [1.29, 1.82) is 0 Å². The smallest absolute Gasteiger partial charge is 0.416 e. The van der Waals surface area contributed by atoms with Crippen molar-refractivity contribution < 1.29 is 32.2 Å². The molecule has 10 heteroatoms. The monoisotopic (exact) mass is 413 g/mol. The third-order valence-corrected chi connectivity index (χ3v) is 3.70. The van der Waals surface area contributed by atoms with Crippen LogP contribution < -0.4 is 5.32 Å². The summed E-state index contributed by atoms with van der Waals surface area (Å²) in [6, 6.07) is 3.68. The van der Waals surface area contributed by atoms with Crippen LogP contribution >= 0.6 is 0 Å². The first-order chi connectivity index (χ1) is 13.4. The molecule has 0 spiro atoms.